The zero-order chi connectivity index (χ0) is 24.7. The van der Waals surface area contributed by atoms with Crippen molar-refractivity contribution in [3.8, 4) is 21.6 Å². The van der Waals surface area contributed by atoms with E-state index in [2.05, 4.69) is 34.5 Å². The van der Waals surface area contributed by atoms with Gasteiger partial charge in [-0.05, 0) is 34.2 Å². The fourth-order valence-electron chi connectivity index (χ4n) is 4.35. The van der Waals surface area contributed by atoms with Crippen molar-refractivity contribution < 1.29 is 14.3 Å². The second-order valence-electron chi connectivity index (χ2n) is 8.84. The predicted octanol–water partition coefficient (Wildman–Crippen LogP) is 5.78. The summed E-state index contributed by atoms with van der Waals surface area (Å²) in [5, 5.41) is 5.07. The van der Waals surface area contributed by atoms with Crippen molar-refractivity contribution in [2.45, 2.75) is 6.42 Å². The second kappa shape index (κ2) is 11.4. The summed E-state index contributed by atoms with van der Waals surface area (Å²) in [6, 6.07) is 27.9. The number of morpholine rings is 1. The molecular weight excluding hydrogens is 468 g/mol. The molecule has 182 valence electrons. The first-order valence-corrected chi connectivity index (χ1v) is 13.0. The summed E-state index contributed by atoms with van der Waals surface area (Å²) in [5.74, 6) is -0.0697. The Labute approximate surface area is 215 Å². The third-order valence-corrected chi connectivity index (χ3v) is 7.20. The van der Waals surface area contributed by atoms with Gasteiger partial charge in [-0.25, -0.2) is 0 Å². The van der Waals surface area contributed by atoms with Crippen LogP contribution in [0.2, 0.25) is 0 Å². The molecule has 0 radical (unpaired) electrons. The number of hydrogen-bond acceptors (Lipinski definition) is 5. The number of nitrogens with zero attached hydrogens (tertiary/aromatic N) is 1. The molecule has 0 aliphatic carbocycles. The largest absolute Gasteiger partial charge is 0.379 e. The lowest BCUT2D eigenvalue weighted by Crippen LogP contribution is -2.41. The van der Waals surface area contributed by atoms with E-state index in [1.807, 2.05) is 66.0 Å². The van der Waals surface area contributed by atoms with Crippen LogP contribution in [0.25, 0.3) is 21.6 Å². The van der Waals surface area contributed by atoms with Gasteiger partial charge < -0.3 is 10.1 Å². The summed E-state index contributed by atoms with van der Waals surface area (Å²) < 4.78 is 5.38. The van der Waals surface area contributed by atoms with Crippen LogP contribution in [0.5, 0.6) is 0 Å². The summed E-state index contributed by atoms with van der Waals surface area (Å²) in [4.78, 5) is 29.2. The second-order valence-corrected chi connectivity index (χ2v) is 9.78. The van der Waals surface area contributed by atoms with E-state index >= 15 is 0 Å². The monoisotopic (exact) mass is 496 g/mol. The van der Waals surface area contributed by atoms with E-state index in [4.69, 9.17) is 4.74 Å². The van der Waals surface area contributed by atoms with Crippen molar-refractivity contribution in [3.05, 3.63) is 101 Å². The first kappa shape index (κ1) is 24.1. The minimum atomic E-state index is -0.0872. The maximum Gasteiger partial charge on any atom is 0.238 e. The first-order chi connectivity index (χ1) is 17.7. The van der Waals surface area contributed by atoms with Crippen LogP contribution in [-0.4, -0.2) is 49.4 Å². The molecule has 0 atom stereocenters. The van der Waals surface area contributed by atoms with Gasteiger partial charge in [0.2, 0.25) is 5.91 Å². The van der Waals surface area contributed by atoms with Crippen LogP contribution in [0.4, 0.5) is 5.69 Å². The number of carbonyl (C=O) groups is 2. The third kappa shape index (κ3) is 5.97. The fourth-order valence-corrected chi connectivity index (χ4v) is 5.12. The topological polar surface area (TPSA) is 58.6 Å². The predicted molar refractivity (Wildman–Crippen MR) is 146 cm³/mol. The van der Waals surface area contributed by atoms with Gasteiger partial charge >= 0.3 is 0 Å². The third-order valence-electron chi connectivity index (χ3n) is 6.30. The Bertz CT molecular complexity index is 1310. The van der Waals surface area contributed by atoms with Crippen LogP contribution in [0.1, 0.15) is 15.9 Å². The van der Waals surface area contributed by atoms with Crippen molar-refractivity contribution in [2.75, 3.05) is 38.2 Å². The lowest BCUT2D eigenvalue weighted by atomic mass is 9.98. The molecule has 3 aromatic carbocycles. The highest BCUT2D eigenvalue weighted by atomic mass is 32.1. The standard InChI is InChI=1S/C30H28N2O3S/c33-28(19-22-8-10-24(11-9-22)23-5-2-1-3-6-23)25-12-13-26(29-7-4-18-36-29)27(20-25)31-30(34)21-32-14-16-35-17-15-32/h1-13,18,20H,14-17,19,21H2,(H,31,34). The zero-order valence-electron chi connectivity index (χ0n) is 20.0. The van der Waals surface area contributed by atoms with Gasteiger partial charge in [0.15, 0.2) is 5.78 Å². The lowest BCUT2D eigenvalue weighted by molar-refractivity contribution is -0.118. The molecule has 5 rings (SSSR count). The Balaban J connectivity index is 1.32. The Kier molecular flexibility index (Phi) is 7.67. The van der Waals surface area contributed by atoms with E-state index in [0.717, 1.165) is 40.2 Å². The maximum absolute atomic E-state index is 13.2. The normalized spacial score (nSPS) is 13.9. The molecule has 36 heavy (non-hydrogen) atoms. The number of anilines is 1. The minimum Gasteiger partial charge on any atom is -0.379 e. The molecule has 1 N–H and O–H groups in total. The Hall–Kier alpha value is -3.58. The van der Waals surface area contributed by atoms with Crippen LogP contribution < -0.4 is 5.32 Å². The number of benzene rings is 3. The van der Waals surface area contributed by atoms with Crippen molar-refractivity contribution in [3.63, 3.8) is 0 Å². The zero-order valence-corrected chi connectivity index (χ0v) is 20.8. The highest BCUT2D eigenvalue weighted by Crippen LogP contribution is 2.33. The molecule has 1 saturated heterocycles. The van der Waals surface area contributed by atoms with Gasteiger partial charge in [0, 0.05) is 35.5 Å². The van der Waals surface area contributed by atoms with E-state index in [1.54, 1.807) is 11.3 Å². The number of ketones is 1. The Morgan fingerprint density at radius 1 is 0.861 bits per heavy atom. The van der Waals surface area contributed by atoms with Crippen molar-refractivity contribution in [1.29, 1.82) is 0 Å². The van der Waals surface area contributed by atoms with Gasteiger partial charge in [-0.2, -0.15) is 0 Å². The van der Waals surface area contributed by atoms with Crippen molar-refractivity contribution in [1.82, 2.24) is 4.90 Å². The molecule has 0 saturated carbocycles. The average molecular weight is 497 g/mol. The van der Waals surface area contributed by atoms with E-state index in [0.29, 0.717) is 37.4 Å². The summed E-state index contributed by atoms with van der Waals surface area (Å²) in [6.07, 6.45) is 0.300. The van der Waals surface area contributed by atoms with Crippen LogP contribution in [-0.2, 0) is 16.0 Å². The fraction of sp³-hybridized carbons (Fsp3) is 0.200. The molecule has 2 heterocycles. The van der Waals surface area contributed by atoms with E-state index in [9.17, 15) is 9.59 Å². The summed E-state index contributed by atoms with van der Waals surface area (Å²) in [7, 11) is 0. The first-order valence-electron chi connectivity index (χ1n) is 12.1. The number of ether oxygens (including phenoxy) is 1. The number of carbonyl (C=O) groups excluding carboxylic acids is 2. The van der Waals surface area contributed by atoms with Gasteiger partial charge in [-0.3, -0.25) is 14.5 Å². The van der Waals surface area contributed by atoms with Crippen LogP contribution in [0.15, 0.2) is 90.3 Å². The van der Waals surface area contributed by atoms with Gasteiger partial charge in [-0.1, -0.05) is 72.8 Å². The highest BCUT2D eigenvalue weighted by Gasteiger charge is 2.18. The number of Topliss-reactive ketones (excluding diaryl/α,β-unsaturated/α-hetero) is 1. The molecule has 5 nitrogen and oxygen atoms in total. The highest BCUT2D eigenvalue weighted by molar-refractivity contribution is 7.13. The summed E-state index contributed by atoms with van der Waals surface area (Å²) in [5.41, 5.74) is 5.41. The average Bonchev–Trinajstić information content (AvgIpc) is 3.45. The molecule has 0 unspecified atom stereocenters. The van der Waals surface area contributed by atoms with Crippen LogP contribution >= 0.6 is 11.3 Å². The Morgan fingerprint density at radius 2 is 1.61 bits per heavy atom. The van der Waals surface area contributed by atoms with Gasteiger partial charge in [0.05, 0.1) is 25.4 Å². The van der Waals surface area contributed by atoms with Crippen LogP contribution in [0.3, 0.4) is 0 Å². The molecule has 0 bridgehead atoms. The van der Waals surface area contributed by atoms with Crippen molar-refractivity contribution in [2.24, 2.45) is 0 Å². The molecule has 1 aliphatic heterocycles. The molecule has 4 aromatic rings. The van der Waals surface area contributed by atoms with E-state index in [1.165, 1.54) is 0 Å². The lowest BCUT2D eigenvalue weighted by Gasteiger charge is -2.26. The number of amides is 1. The molecule has 1 aromatic heterocycles. The molecule has 1 amide bonds. The number of nitrogens with one attached hydrogen (secondary N) is 1. The molecular formula is C30H28N2O3S. The molecule has 1 fully saturated rings. The van der Waals surface area contributed by atoms with Crippen LogP contribution in [0, 0.1) is 0 Å². The minimum absolute atomic E-state index is 0.0175. The van der Waals surface area contributed by atoms with Gasteiger partial charge in [0.25, 0.3) is 0 Å². The van der Waals surface area contributed by atoms with Gasteiger partial charge in [0.1, 0.15) is 0 Å². The van der Waals surface area contributed by atoms with Gasteiger partial charge in [-0.15, -0.1) is 11.3 Å². The Morgan fingerprint density at radius 3 is 2.33 bits per heavy atom. The van der Waals surface area contributed by atoms with E-state index < -0.39 is 0 Å². The molecule has 0 spiro atoms. The quantitative estimate of drug-likeness (QED) is 0.314. The SMILES string of the molecule is O=C(CN1CCOCC1)Nc1cc(C(=O)Cc2ccc(-c3ccccc3)cc2)ccc1-c1cccs1. The smallest absolute Gasteiger partial charge is 0.238 e. The van der Waals surface area contributed by atoms with Crippen molar-refractivity contribution >= 4 is 28.7 Å². The summed E-state index contributed by atoms with van der Waals surface area (Å²) in [6.45, 7) is 3.08. The maximum atomic E-state index is 13.2. The molecule has 1 aliphatic rings. The number of rotatable bonds is 8. The number of hydrogen-bond donors (Lipinski definition) is 1. The molecule has 6 heteroatoms. The van der Waals surface area contributed by atoms with E-state index in [-0.39, 0.29) is 11.7 Å². The summed E-state index contributed by atoms with van der Waals surface area (Å²) >= 11 is 1.61. The number of thiophene rings is 1.